The van der Waals surface area contributed by atoms with E-state index < -0.39 is 11.9 Å². The van der Waals surface area contributed by atoms with E-state index in [0.717, 1.165) is 0 Å². The minimum Gasteiger partial charge on any atom is -0.464 e. The van der Waals surface area contributed by atoms with Gasteiger partial charge in [0.2, 0.25) is 0 Å². The van der Waals surface area contributed by atoms with Crippen molar-refractivity contribution in [3.05, 3.63) is 65.2 Å². The standard InChI is InChI=1S/C16H15NO4/c1-11-8-9-13(21-11)10-14(16(19)20-2)17-15(18)12-6-4-3-5-7-12/h3-10H,1-2H3,(H,17,18). The van der Waals surface area contributed by atoms with Crippen LogP contribution in [0.4, 0.5) is 0 Å². The second-order valence-electron chi connectivity index (χ2n) is 4.32. The maximum Gasteiger partial charge on any atom is 0.354 e. The van der Waals surface area contributed by atoms with E-state index in [1.54, 1.807) is 49.4 Å². The number of carbonyl (C=O) groups is 2. The molecule has 0 aliphatic rings. The van der Waals surface area contributed by atoms with E-state index >= 15 is 0 Å². The molecule has 1 amide bonds. The first-order chi connectivity index (χ1) is 10.1. The molecular formula is C16H15NO4. The number of hydrogen-bond acceptors (Lipinski definition) is 4. The summed E-state index contributed by atoms with van der Waals surface area (Å²) < 4.78 is 10.0. The molecule has 0 bridgehead atoms. The van der Waals surface area contributed by atoms with Crippen molar-refractivity contribution in [3.8, 4) is 0 Å². The Kier molecular flexibility index (Phi) is 4.56. The van der Waals surface area contributed by atoms with Crippen molar-refractivity contribution in [2.45, 2.75) is 6.92 Å². The number of carbonyl (C=O) groups excluding carboxylic acids is 2. The van der Waals surface area contributed by atoms with Gasteiger partial charge in [-0.25, -0.2) is 4.79 Å². The molecule has 5 heteroatoms. The predicted molar refractivity (Wildman–Crippen MR) is 77.3 cm³/mol. The van der Waals surface area contributed by atoms with Crippen molar-refractivity contribution in [3.63, 3.8) is 0 Å². The zero-order chi connectivity index (χ0) is 15.2. The molecule has 0 aliphatic heterocycles. The Hall–Kier alpha value is -2.82. The van der Waals surface area contributed by atoms with Crippen LogP contribution in [0, 0.1) is 6.92 Å². The second kappa shape index (κ2) is 6.56. The molecule has 1 aromatic heterocycles. The minimum absolute atomic E-state index is 0.0145. The van der Waals surface area contributed by atoms with Gasteiger partial charge in [0, 0.05) is 11.6 Å². The minimum atomic E-state index is -0.645. The van der Waals surface area contributed by atoms with E-state index in [-0.39, 0.29) is 5.70 Å². The van der Waals surface area contributed by atoms with Crippen LogP contribution in [0.2, 0.25) is 0 Å². The molecule has 2 rings (SSSR count). The summed E-state index contributed by atoms with van der Waals surface area (Å²) in [5.41, 5.74) is 0.462. The number of benzene rings is 1. The van der Waals surface area contributed by atoms with Crippen molar-refractivity contribution in [1.82, 2.24) is 5.32 Å². The smallest absolute Gasteiger partial charge is 0.354 e. The van der Waals surface area contributed by atoms with Gasteiger partial charge in [0.05, 0.1) is 7.11 Å². The van der Waals surface area contributed by atoms with Gasteiger partial charge in [-0.15, -0.1) is 0 Å². The van der Waals surface area contributed by atoms with Gasteiger partial charge < -0.3 is 14.5 Å². The SMILES string of the molecule is COC(=O)C(=Cc1ccc(C)o1)NC(=O)c1ccccc1. The van der Waals surface area contributed by atoms with Gasteiger partial charge in [-0.05, 0) is 31.2 Å². The lowest BCUT2D eigenvalue weighted by Crippen LogP contribution is -2.27. The van der Waals surface area contributed by atoms with Crippen molar-refractivity contribution in [2.75, 3.05) is 7.11 Å². The topological polar surface area (TPSA) is 68.5 Å². The van der Waals surface area contributed by atoms with Crippen molar-refractivity contribution < 1.29 is 18.7 Å². The summed E-state index contributed by atoms with van der Waals surface area (Å²) in [6.45, 7) is 1.79. The normalized spacial score (nSPS) is 11.0. The Balaban J connectivity index is 2.23. The van der Waals surface area contributed by atoms with E-state index in [4.69, 9.17) is 4.42 Å². The molecule has 0 radical (unpaired) electrons. The predicted octanol–water partition coefficient (Wildman–Crippen LogP) is 2.53. The van der Waals surface area contributed by atoms with Crippen LogP contribution in [0.25, 0.3) is 6.08 Å². The maximum absolute atomic E-state index is 12.1. The van der Waals surface area contributed by atoms with Gasteiger partial charge in [0.15, 0.2) is 0 Å². The first kappa shape index (κ1) is 14.6. The van der Waals surface area contributed by atoms with Crippen molar-refractivity contribution in [1.29, 1.82) is 0 Å². The number of ether oxygens (including phenoxy) is 1. The van der Waals surface area contributed by atoms with Gasteiger partial charge in [-0.1, -0.05) is 18.2 Å². The number of amides is 1. The molecule has 1 heterocycles. The fourth-order valence-electron chi connectivity index (χ4n) is 1.71. The van der Waals surface area contributed by atoms with E-state index in [1.165, 1.54) is 13.2 Å². The highest BCUT2D eigenvalue weighted by atomic mass is 16.5. The quantitative estimate of drug-likeness (QED) is 0.692. The van der Waals surface area contributed by atoms with Crippen LogP contribution in [0.1, 0.15) is 21.9 Å². The molecule has 108 valence electrons. The van der Waals surface area contributed by atoms with Gasteiger partial charge >= 0.3 is 5.97 Å². The largest absolute Gasteiger partial charge is 0.464 e. The second-order valence-corrected chi connectivity index (χ2v) is 4.32. The average Bonchev–Trinajstić information content (AvgIpc) is 2.91. The van der Waals surface area contributed by atoms with Crippen molar-refractivity contribution in [2.24, 2.45) is 0 Å². The lowest BCUT2D eigenvalue weighted by molar-refractivity contribution is -0.136. The summed E-state index contributed by atoms with van der Waals surface area (Å²) >= 11 is 0. The lowest BCUT2D eigenvalue weighted by Gasteiger charge is -2.07. The highest BCUT2D eigenvalue weighted by Gasteiger charge is 2.15. The number of esters is 1. The summed E-state index contributed by atoms with van der Waals surface area (Å²) in [6, 6.07) is 12.1. The Morgan fingerprint density at radius 3 is 2.43 bits per heavy atom. The Bertz CT molecular complexity index is 671. The Morgan fingerprint density at radius 2 is 1.86 bits per heavy atom. The van der Waals surface area contributed by atoms with Gasteiger partial charge in [-0.2, -0.15) is 0 Å². The number of nitrogens with one attached hydrogen (secondary N) is 1. The summed E-state index contributed by atoms with van der Waals surface area (Å²) in [7, 11) is 1.25. The van der Waals surface area contributed by atoms with E-state index in [2.05, 4.69) is 10.1 Å². The van der Waals surface area contributed by atoms with Gasteiger partial charge in [0.1, 0.15) is 17.2 Å². The first-order valence-electron chi connectivity index (χ1n) is 6.33. The van der Waals surface area contributed by atoms with Crippen molar-refractivity contribution >= 4 is 18.0 Å². The van der Waals surface area contributed by atoms with E-state index in [0.29, 0.717) is 17.1 Å². The number of methoxy groups -OCH3 is 1. The fraction of sp³-hybridized carbons (Fsp3) is 0.125. The number of rotatable bonds is 4. The molecule has 0 saturated carbocycles. The zero-order valence-corrected chi connectivity index (χ0v) is 11.8. The lowest BCUT2D eigenvalue weighted by atomic mass is 10.2. The van der Waals surface area contributed by atoms with Crippen LogP contribution in [-0.2, 0) is 9.53 Å². The molecule has 21 heavy (non-hydrogen) atoms. The summed E-state index contributed by atoms with van der Waals surface area (Å²) in [5.74, 6) is 0.130. The van der Waals surface area contributed by atoms with Gasteiger partial charge in [0.25, 0.3) is 5.91 Å². The molecule has 5 nitrogen and oxygen atoms in total. The molecule has 0 aliphatic carbocycles. The Morgan fingerprint density at radius 1 is 1.14 bits per heavy atom. The van der Waals surface area contributed by atoms with E-state index in [1.807, 2.05) is 0 Å². The molecule has 1 aromatic carbocycles. The summed E-state index contributed by atoms with van der Waals surface area (Å²) in [4.78, 5) is 23.8. The number of hydrogen-bond donors (Lipinski definition) is 1. The molecular weight excluding hydrogens is 270 g/mol. The Labute approximate surface area is 122 Å². The van der Waals surface area contributed by atoms with Crippen LogP contribution in [-0.4, -0.2) is 19.0 Å². The molecule has 0 unspecified atom stereocenters. The number of furan rings is 1. The summed E-state index contributed by atoms with van der Waals surface area (Å²) in [5, 5.41) is 2.53. The average molecular weight is 285 g/mol. The monoisotopic (exact) mass is 285 g/mol. The first-order valence-corrected chi connectivity index (χ1v) is 6.33. The molecule has 1 N–H and O–H groups in total. The van der Waals surface area contributed by atoms with Crippen LogP contribution < -0.4 is 5.32 Å². The highest BCUT2D eigenvalue weighted by Crippen LogP contribution is 2.11. The third-order valence-electron chi connectivity index (χ3n) is 2.74. The number of aryl methyl sites for hydroxylation is 1. The van der Waals surface area contributed by atoms with Crippen LogP contribution in [0.15, 0.2) is 52.6 Å². The van der Waals surface area contributed by atoms with Crippen LogP contribution >= 0.6 is 0 Å². The summed E-state index contributed by atoms with van der Waals surface area (Å²) in [6.07, 6.45) is 1.43. The molecule has 0 fully saturated rings. The molecule has 0 atom stereocenters. The molecule has 0 saturated heterocycles. The van der Waals surface area contributed by atoms with E-state index in [9.17, 15) is 9.59 Å². The molecule has 2 aromatic rings. The third-order valence-corrected chi connectivity index (χ3v) is 2.74. The fourth-order valence-corrected chi connectivity index (χ4v) is 1.71. The van der Waals surface area contributed by atoms with Crippen LogP contribution in [0.5, 0.6) is 0 Å². The highest BCUT2D eigenvalue weighted by molar-refractivity contribution is 6.03. The third kappa shape index (κ3) is 3.82. The maximum atomic E-state index is 12.1. The van der Waals surface area contributed by atoms with Gasteiger partial charge in [-0.3, -0.25) is 4.79 Å². The van der Waals surface area contributed by atoms with Crippen LogP contribution in [0.3, 0.4) is 0 Å². The molecule has 0 spiro atoms. The zero-order valence-electron chi connectivity index (χ0n) is 11.8.